The molecular weight excluding hydrogens is 348 g/mol. The van der Waals surface area contributed by atoms with Gasteiger partial charge in [0.1, 0.15) is 12.6 Å². The first kappa shape index (κ1) is 22.8. The number of thioether (sulfide) groups is 1. The van der Waals surface area contributed by atoms with Crippen LogP contribution in [0, 0.1) is 0 Å². The third kappa shape index (κ3) is 7.99. The van der Waals surface area contributed by atoms with Gasteiger partial charge in [-0.05, 0) is 39.2 Å². The van der Waals surface area contributed by atoms with Gasteiger partial charge >= 0.3 is 0 Å². The highest BCUT2D eigenvalue weighted by Gasteiger charge is 2.17. The summed E-state index contributed by atoms with van der Waals surface area (Å²) in [7, 11) is 5.99. The summed E-state index contributed by atoms with van der Waals surface area (Å²) >= 11 is 1.70. The number of benzene rings is 1. The van der Waals surface area contributed by atoms with E-state index in [1.54, 1.807) is 11.8 Å². The van der Waals surface area contributed by atoms with Gasteiger partial charge in [-0.2, -0.15) is 0 Å². The van der Waals surface area contributed by atoms with Gasteiger partial charge in [-0.3, -0.25) is 9.69 Å². The maximum atomic E-state index is 11.5. The van der Waals surface area contributed by atoms with Crippen LogP contribution in [0.15, 0.2) is 23.1 Å². The highest BCUT2D eigenvalue weighted by Crippen LogP contribution is 2.26. The smallest absolute Gasteiger partial charge is 0.150 e. The molecule has 0 aliphatic rings. The molecule has 1 aromatic carbocycles. The Bertz CT molecular complexity index is 552. The van der Waals surface area contributed by atoms with Gasteiger partial charge in [0.2, 0.25) is 0 Å². The van der Waals surface area contributed by atoms with Crippen LogP contribution in [-0.4, -0.2) is 75.1 Å². The summed E-state index contributed by atoms with van der Waals surface area (Å²) in [6.07, 6.45) is 3.68. The Labute approximate surface area is 162 Å². The Balaban J connectivity index is 2.71. The van der Waals surface area contributed by atoms with E-state index >= 15 is 0 Å². The van der Waals surface area contributed by atoms with Gasteiger partial charge in [0, 0.05) is 29.3 Å². The molecule has 1 unspecified atom stereocenters. The fraction of sp³-hybridized carbons (Fsp3) is 0.600. The average molecular weight is 381 g/mol. The standard InChI is InChI=1S/C20H32N2O3S/c1-5-7-18(16-24)22(4)14-19-17(15-23)8-6-9-20(19)26-13-12-25-11-10-21(2)3/h6,8-9,15-16,18H,5,7,10-14H2,1-4H3. The van der Waals surface area contributed by atoms with Crippen LogP contribution in [0.3, 0.4) is 0 Å². The molecule has 0 amide bonds. The van der Waals surface area contributed by atoms with Crippen LogP contribution < -0.4 is 0 Å². The molecule has 0 saturated heterocycles. The molecule has 0 saturated carbocycles. The van der Waals surface area contributed by atoms with Gasteiger partial charge in [0.15, 0.2) is 0 Å². The SMILES string of the molecule is CCCC(C=O)N(C)Cc1c(C=O)cccc1SCCOCCN(C)C. The van der Waals surface area contributed by atoms with Gasteiger partial charge in [0.25, 0.3) is 0 Å². The first-order valence-corrected chi connectivity index (χ1v) is 10.1. The zero-order valence-corrected chi connectivity index (χ0v) is 17.3. The molecule has 0 radical (unpaired) electrons. The summed E-state index contributed by atoms with van der Waals surface area (Å²) in [5.41, 5.74) is 1.68. The lowest BCUT2D eigenvalue weighted by Crippen LogP contribution is -2.32. The van der Waals surface area contributed by atoms with E-state index < -0.39 is 0 Å². The van der Waals surface area contributed by atoms with E-state index in [9.17, 15) is 9.59 Å². The third-order valence-electron chi connectivity index (χ3n) is 4.18. The first-order valence-electron chi connectivity index (χ1n) is 9.11. The van der Waals surface area contributed by atoms with E-state index in [1.807, 2.05) is 44.2 Å². The lowest BCUT2D eigenvalue weighted by atomic mass is 10.1. The Morgan fingerprint density at radius 1 is 1.19 bits per heavy atom. The van der Waals surface area contributed by atoms with Gasteiger partial charge < -0.3 is 14.4 Å². The Kier molecular flexibility index (Phi) is 11.4. The zero-order chi connectivity index (χ0) is 19.4. The number of rotatable bonds is 14. The number of carbonyl (C=O) groups is 2. The summed E-state index contributed by atoms with van der Waals surface area (Å²) in [5.74, 6) is 0.832. The molecule has 146 valence electrons. The molecule has 6 heteroatoms. The number of hydrogen-bond acceptors (Lipinski definition) is 6. The van der Waals surface area contributed by atoms with Gasteiger partial charge in [-0.25, -0.2) is 0 Å². The van der Waals surface area contributed by atoms with E-state index in [-0.39, 0.29) is 6.04 Å². The first-order chi connectivity index (χ1) is 12.5. The predicted octanol–water partition coefficient (Wildman–Crippen LogP) is 2.97. The van der Waals surface area contributed by atoms with Crippen LogP contribution in [0.25, 0.3) is 0 Å². The summed E-state index contributed by atoms with van der Waals surface area (Å²) in [6.45, 7) is 4.96. The molecule has 0 bridgehead atoms. The average Bonchev–Trinajstić information content (AvgIpc) is 2.63. The quantitative estimate of drug-likeness (QED) is 0.281. The van der Waals surface area contributed by atoms with Crippen LogP contribution in [0.1, 0.15) is 35.7 Å². The van der Waals surface area contributed by atoms with E-state index in [2.05, 4.69) is 11.8 Å². The van der Waals surface area contributed by atoms with Gasteiger partial charge in [0.05, 0.1) is 19.3 Å². The molecule has 1 rings (SSSR count). The largest absolute Gasteiger partial charge is 0.379 e. The Hall–Kier alpha value is -1.21. The Morgan fingerprint density at radius 3 is 2.58 bits per heavy atom. The van der Waals surface area contributed by atoms with E-state index in [1.165, 1.54) is 0 Å². The van der Waals surface area contributed by atoms with Crippen molar-refractivity contribution in [1.29, 1.82) is 0 Å². The number of nitrogens with zero attached hydrogens (tertiary/aromatic N) is 2. The number of carbonyl (C=O) groups excluding carboxylic acids is 2. The second-order valence-corrected chi connectivity index (χ2v) is 7.75. The highest BCUT2D eigenvalue weighted by atomic mass is 32.2. The molecule has 5 nitrogen and oxygen atoms in total. The van der Waals surface area contributed by atoms with Crippen molar-refractivity contribution in [2.45, 2.75) is 37.2 Å². The fourth-order valence-corrected chi connectivity index (χ4v) is 3.56. The number of hydrogen-bond donors (Lipinski definition) is 0. The highest BCUT2D eigenvalue weighted by molar-refractivity contribution is 7.99. The van der Waals surface area contributed by atoms with Crippen LogP contribution in [-0.2, 0) is 16.1 Å². The topological polar surface area (TPSA) is 49.9 Å². The molecule has 0 aliphatic carbocycles. The minimum Gasteiger partial charge on any atom is -0.379 e. The predicted molar refractivity (Wildman–Crippen MR) is 108 cm³/mol. The van der Waals surface area contributed by atoms with Crippen molar-refractivity contribution in [2.24, 2.45) is 0 Å². The van der Waals surface area contributed by atoms with Gasteiger partial charge in [-0.1, -0.05) is 25.5 Å². The van der Waals surface area contributed by atoms with Crippen LogP contribution in [0.2, 0.25) is 0 Å². The minimum atomic E-state index is -0.119. The van der Waals surface area contributed by atoms with Gasteiger partial charge in [-0.15, -0.1) is 11.8 Å². The molecule has 0 heterocycles. The summed E-state index contributed by atoms with van der Waals surface area (Å²) in [6, 6.07) is 5.66. The lowest BCUT2D eigenvalue weighted by Gasteiger charge is -2.25. The summed E-state index contributed by atoms with van der Waals surface area (Å²) in [5, 5.41) is 0. The van der Waals surface area contributed by atoms with Crippen LogP contribution in [0.4, 0.5) is 0 Å². The van der Waals surface area contributed by atoms with Crippen molar-refractivity contribution < 1.29 is 14.3 Å². The van der Waals surface area contributed by atoms with Crippen LogP contribution in [0.5, 0.6) is 0 Å². The normalized spacial score (nSPS) is 12.5. The van der Waals surface area contributed by atoms with E-state index in [0.717, 1.165) is 54.8 Å². The maximum absolute atomic E-state index is 11.5. The molecule has 1 atom stereocenters. The number of ether oxygens (including phenoxy) is 1. The van der Waals surface area contributed by atoms with Crippen molar-refractivity contribution in [3.63, 3.8) is 0 Å². The fourth-order valence-electron chi connectivity index (χ4n) is 2.61. The monoisotopic (exact) mass is 380 g/mol. The molecule has 0 N–H and O–H groups in total. The van der Waals surface area contributed by atoms with E-state index in [0.29, 0.717) is 18.7 Å². The van der Waals surface area contributed by atoms with Crippen LogP contribution >= 0.6 is 11.8 Å². The molecule has 26 heavy (non-hydrogen) atoms. The summed E-state index contributed by atoms with van der Waals surface area (Å²) < 4.78 is 5.64. The Morgan fingerprint density at radius 2 is 1.96 bits per heavy atom. The maximum Gasteiger partial charge on any atom is 0.150 e. The van der Waals surface area contributed by atoms with Crippen molar-refractivity contribution >= 4 is 24.3 Å². The molecule has 1 aromatic rings. The molecule has 0 fully saturated rings. The lowest BCUT2D eigenvalue weighted by molar-refractivity contribution is -0.112. The van der Waals surface area contributed by atoms with E-state index in [4.69, 9.17) is 4.74 Å². The van der Waals surface area contributed by atoms with Crippen molar-refractivity contribution in [3.05, 3.63) is 29.3 Å². The number of likely N-dealkylation sites (N-methyl/N-ethyl adjacent to an activating group) is 2. The molecule has 0 spiro atoms. The molecule has 0 aromatic heterocycles. The zero-order valence-electron chi connectivity index (χ0n) is 16.4. The van der Waals surface area contributed by atoms with Crippen molar-refractivity contribution in [3.8, 4) is 0 Å². The second kappa shape index (κ2) is 13.0. The molecular formula is C20H32N2O3S. The summed E-state index contributed by atoms with van der Waals surface area (Å²) in [4.78, 5) is 28.0. The minimum absolute atomic E-state index is 0.119. The second-order valence-electron chi connectivity index (χ2n) is 6.61. The third-order valence-corrected chi connectivity index (χ3v) is 5.24. The van der Waals surface area contributed by atoms with Crippen molar-refractivity contribution in [1.82, 2.24) is 9.80 Å². The molecule has 0 aliphatic heterocycles. The van der Waals surface area contributed by atoms with Crippen molar-refractivity contribution in [2.75, 3.05) is 46.7 Å². The number of aldehydes is 2.